The quantitative estimate of drug-likeness (QED) is 0.367. The van der Waals surface area contributed by atoms with E-state index in [9.17, 15) is 4.79 Å². The Bertz CT molecular complexity index is 1320. The molecule has 34 heavy (non-hydrogen) atoms. The van der Waals surface area contributed by atoms with Crippen LogP contribution in [-0.2, 0) is 6.42 Å². The summed E-state index contributed by atoms with van der Waals surface area (Å²) >= 11 is 1.70. The predicted molar refractivity (Wildman–Crippen MR) is 134 cm³/mol. The molecule has 6 nitrogen and oxygen atoms in total. The summed E-state index contributed by atoms with van der Waals surface area (Å²) in [6.07, 6.45) is 0.781. The predicted octanol–water partition coefficient (Wildman–Crippen LogP) is 6.16. The number of rotatable bonds is 6. The summed E-state index contributed by atoms with van der Waals surface area (Å²) in [6, 6.07) is 19.8. The standard InChI is InChI=1S/C27H26N4O2S/c1-17-6-10-20(11-7-17)24-23(26-29-25(30-33-26)21-12-8-18(2)9-13-21)19(3)31(27(32)28-24)15-14-22-5-4-16-34-22/h4-13,16,24H,14-15H2,1-3H3,(H,28,32). The zero-order valence-electron chi connectivity index (χ0n) is 19.4. The lowest BCUT2D eigenvalue weighted by atomic mass is 9.94. The molecule has 0 bridgehead atoms. The third kappa shape index (κ3) is 4.39. The Balaban J connectivity index is 1.55. The molecule has 1 aliphatic rings. The van der Waals surface area contributed by atoms with Crippen LogP contribution in [0.2, 0.25) is 0 Å². The summed E-state index contributed by atoms with van der Waals surface area (Å²) in [5, 5.41) is 9.48. The minimum Gasteiger partial charge on any atom is -0.334 e. The van der Waals surface area contributed by atoms with Crippen LogP contribution in [0.5, 0.6) is 0 Å². The topological polar surface area (TPSA) is 71.3 Å². The molecule has 1 N–H and O–H groups in total. The molecule has 3 heterocycles. The largest absolute Gasteiger partial charge is 0.334 e. The Kier molecular flexibility index (Phi) is 6.02. The van der Waals surface area contributed by atoms with Crippen LogP contribution in [-0.4, -0.2) is 27.6 Å². The second kappa shape index (κ2) is 9.27. The van der Waals surface area contributed by atoms with Gasteiger partial charge in [0, 0.05) is 22.7 Å². The number of nitrogens with one attached hydrogen (secondary N) is 1. The van der Waals surface area contributed by atoms with E-state index in [1.807, 2.05) is 75.4 Å². The Morgan fingerprint density at radius 3 is 2.38 bits per heavy atom. The Hall–Kier alpha value is -3.71. The molecular formula is C27H26N4O2S. The van der Waals surface area contributed by atoms with E-state index >= 15 is 0 Å². The number of hydrogen-bond acceptors (Lipinski definition) is 5. The van der Waals surface area contributed by atoms with Gasteiger partial charge in [0.05, 0.1) is 11.6 Å². The third-order valence-electron chi connectivity index (χ3n) is 6.14. The van der Waals surface area contributed by atoms with Crippen molar-refractivity contribution in [2.45, 2.75) is 33.2 Å². The second-order valence-electron chi connectivity index (χ2n) is 8.56. The van der Waals surface area contributed by atoms with Crippen molar-refractivity contribution in [1.82, 2.24) is 20.4 Å². The van der Waals surface area contributed by atoms with Crippen molar-refractivity contribution in [3.8, 4) is 11.4 Å². The van der Waals surface area contributed by atoms with Crippen molar-refractivity contribution in [1.29, 1.82) is 0 Å². The van der Waals surface area contributed by atoms with Gasteiger partial charge in [0.15, 0.2) is 0 Å². The third-order valence-corrected chi connectivity index (χ3v) is 7.07. The van der Waals surface area contributed by atoms with E-state index in [4.69, 9.17) is 9.51 Å². The molecule has 2 amide bonds. The fraction of sp³-hybridized carbons (Fsp3) is 0.222. The van der Waals surface area contributed by atoms with Crippen LogP contribution in [0.1, 0.15) is 40.4 Å². The number of carbonyl (C=O) groups is 1. The first kappa shape index (κ1) is 22.1. The maximum atomic E-state index is 13.2. The van der Waals surface area contributed by atoms with E-state index in [0.29, 0.717) is 18.3 Å². The average Bonchev–Trinajstić information content (AvgIpc) is 3.52. The SMILES string of the molecule is CC1=C(c2nc(-c3ccc(C)cc3)no2)C(c2ccc(C)cc2)NC(=O)N1CCc1cccs1. The van der Waals surface area contributed by atoms with Crippen LogP contribution in [0, 0.1) is 13.8 Å². The summed E-state index contributed by atoms with van der Waals surface area (Å²) in [5.74, 6) is 0.944. The Morgan fingerprint density at radius 2 is 1.71 bits per heavy atom. The van der Waals surface area contributed by atoms with E-state index in [1.165, 1.54) is 10.4 Å². The van der Waals surface area contributed by atoms with Gasteiger partial charge in [-0.15, -0.1) is 11.3 Å². The number of benzene rings is 2. The van der Waals surface area contributed by atoms with E-state index in [2.05, 4.69) is 21.9 Å². The molecule has 0 radical (unpaired) electrons. The second-order valence-corrected chi connectivity index (χ2v) is 9.59. The highest BCUT2D eigenvalue weighted by Crippen LogP contribution is 2.37. The molecule has 2 aromatic carbocycles. The lowest BCUT2D eigenvalue weighted by molar-refractivity contribution is 0.205. The fourth-order valence-electron chi connectivity index (χ4n) is 4.17. The van der Waals surface area contributed by atoms with Gasteiger partial charge in [-0.3, -0.25) is 4.90 Å². The van der Waals surface area contributed by atoms with Gasteiger partial charge in [0.2, 0.25) is 5.82 Å². The van der Waals surface area contributed by atoms with Gasteiger partial charge in [-0.25, -0.2) is 4.79 Å². The number of thiophene rings is 1. The van der Waals surface area contributed by atoms with Crippen LogP contribution in [0.3, 0.4) is 0 Å². The van der Waals surface area contributed by atoms with E-state index in [0.717, 1.165) is 34.4 Å². The maximum Gasteiger partial charge on any atom is 0.322 e. The number of allylic oxidation sites excluding steroid dienone is 1. The Labute approximate surface area is 202 Å². The summed E-state index contributed by atoms with van der Waals surface area (Å²) in [7, 11) is 0. The molecule has 7 heteroatoms. The zero-order chi connectivity index (χ0) is 23.7. The molecule has 0 aliphatic carbocycles. The highest BCUT2D eigenvalue weighted by molar-refractivity contribution is 7.09. The molecule has 0 fully saturated rings. The van der Waals surface area contributed by atoms with Gasteiger partial charge in [0.1, 0.15) is 0 Å². The number of nitrogens with zero attached hydrogens (tertiary/aromatic N) is 3. The highest BCUT2D eigenvalue weighted by Gasteiger charge is 2.35. The normalized spacial score (nSPS) is 16.1. The van der Waals surface area contributed by atoms with Crippen LogP contribution < -0.4 is 5.32 Å². The van der Waals surface area contributed by atoms with Crippen molar-refractivity contribution < 1.29 is 9.32 Å². The van der Waals surface area contributed by atoms with Gasteiger partial charge < -0.3 is 9.84 Å². The molecule has 5 rings (SSSR count). The van der Waals surface area contributed by atoms with Crippen molar-refractivity contribution in [2.24, 2.45) is 0 Å². The lowest BCUT2D eigenvalue weighted by Crippen LogP contribution is -2.46. The molecule has 4 aromatic rings. The summed E-state index contributed by atoms with van der Waals surface area (Å²) in [5.41, 5.74) is 5.83. The van der Waals surface area contributed by atoms with Crippen LogP contribution in [0.15, 0.2) is 76.3 Å². The number of amides is 2. The molecule has 0 spiro atoms. The smallest absolute Gasteiger partial charge is 0.322 e. The first-order valence-electron chi connectivity index (χ1n) is 11.3. The van der Waals surface area contributed by atoms with Gasteiger partial charge in [0.25, 0.3) is 5.89 Å². The summed E-state index contributed by atoms with van der Waals surface area (Å²) in [4.78, 5) is 20.9. The van der Waals surface area contributed by atoms with Crippen LogP contribution >= 0.6 is 11.3 Å². The number of urea groups is 1. The first-order valence-corrected chi connectivity index (χ1v) is 12.2. The van der Waals surface area contributed by atoms with Crippen molar-refractivity contribution in [3.05, 3.63) is 99.2 Å². The number of carbonyl (C=O) groups excluding carboxylic acids is 1. The molecule has 1 aliphatic heterocycles. The first-order chi connectivity index (χ1) is 16.5. The van der Waals surface area contributed by atoms with E-state index in [-0.39, 0.29) is 12.1 Å². The number of hydrogen-bond donors (Lipinski definition) is 1. The molecule has 1 unspecified atom stereocenters. The van der Waals surface area contributed by atoms with Gasteiger partial charge >= 0.3 is 6.03 Å². The summed E-state index contributed by atoms with van der Waals surface area (Å²) in [6.45, 7) is 6.62. The minimum absolute atomic E-state index is 0.123. The van der Waals surface area contributed by atoms with E-state index in [1.54, 1.807) is 16.2 Å². The van der Waals surface area contributed by atoms with Gasteiger partial charge in [-0.2, -0.15) is 4.98 Å². The number of aromatic nitrogens is 2. The minimum atomic E-state index is -0.377. The van der Waals surface area contributed by atoms with Crippen molar-refractivity contribution >= 4 is 22.9 Å². The van der Waals surface area contributed by atoms with Crippen molar-refractivity contribution in [3.63, 3.8) is 0 Å². The van der Waals surface area contributed by atoms with Gasteiger partial charge in [-0.05, 0) is 44.2 Å². The highest BCUT2D eigenvalue weighted by atomic mass is 32.1. The lowest BCUT2D eigenvalue weighted by Gasteiger charge is -2.35. The summed E-state index contributed by atoms with van der Waals surface area (Å²) < 4.78 is 5.77. The molecule has 0 saturated carbocycles. The molecular weight excluding hydrogens is 444 g/mol. The molecule has 172 valence electrons. The zero-order valence-corrected chi connectivity index (χ0v) is 20.2. The molecule has 0 saturated heterocycles. The average molecular weight is 471 g/mol. The monoisotopic (exact) mass is 470 g/mol. The van der Waals surface area contributed by atoms with E-state index < -0.39 is 0 Å². The van der Waals surface area contributed by atoms with Gasteiger partial charge in [-0.1, -0.05) is 70.9 Å². The fourth-order valence-corrected chi connectivity index (χ4v) is 4.86. The van der Waals surface area contributed by atoms with Crippen LogP contribution in [0.4, 0.5) is 4.79 Å². The molecule has 2 aromatic heterocycles. The van der Waals surface area contributed by atoms with Crippen molar-refractivity contribution in [2.75, 3.05) is 6.54 Å². The Morgan fingerprint density at radius 1 is 1.00 bits per heavy atom. The molecule has 1 atom stereocenters. The maximum absolute atomic E-state index is 13.2. The number of aryl methyl sites for hydroxylation is 2. The van der Waals surface area contributed by atoms with Crippen LogP contribution in [0.25, 0.3) is 17.0 Å².